The Hall–Kier alpha value is -4.12. The molecule has 0 radical (unpaired) electrons. The van der Waals surface area contributed by atoms with Gasteiger partial charge >= 0.3 is 0 Å². The number of nitrogens with one attached hydrogen (secondary N) is 2. The summed E-state index contributed by atoms with van der Waals surface area (Å²) in [4.78, 5) is 22.9. The second kappa shape index (κ2) is 9.63. The highest BCUT2D eigenvalue weighted by Gasteiger charge is 2.23. The van der Waals surface area contributed by atoms with Crippen LogP contribution in [0.15, 0.2) is 65.6 Å². The first kappa shape index (κ1) is 24.0. The maximum atomic E-state index is 12.8. The van der Waals surface area contributed by atoms with Crippen molar-refractivity contribution in [3.63, 3.8) is 0 Å². The van der Waals surface area contributed by atoms with E-state index >= 15 is 0 Å². The fourth-order valence-corrected chi connectivity index (χ4v) is 4.77. The molecule has 0 bridgehead atoms. The minimum atomic E-state index is -4.06. The van der Waals surface area contributed by atoms with Gasteiger partial charge in [-0.05, 0) is 50.2 Å². The van der Waals surface area contributed by atoms with Crippen LogP contribution in [0.4, 0.5) is 17.1 Å². The van der Waals surface area contributed by atoms with Gasteiger partial charge < -0.3 is 14.8 Å². The molecule has 3 aromatic carbocycles. The zero-order valence-corrected chi connectivity index (χ0v) is 19.8. The van der Waals surface area contributed by atoms with E-state index in [4.69, 9.17) is 9.47 Å². The van der Waals surface area contributed by atoms with Crippen molar-refractivity contribution in [1.29, 1.82) is 0 Å². The lowest BCUT2D eigenvalue weighted by Crippen LogP contribution is -2.15. The molecule has 0 saturated heterocycles. The lowest BCUT2D eigenvalue weighted by molar-refractivity contribution is -0.385. The third-order valence-electron chi connectivity index (χ3n) is 5.28. The topological polar surface area (TPSA) is 137 Å². The molecule has 0 aromatic heterocycles. The molecule has 1 atom stereocenters. The van der Waals surface area contributed by atoms with Crippen molar-refractivity contribution in [3.05, 3.63) is 81.9 Å². The lowest BCUT2D eigenvalue weighted by Gasteiger charge is -2.14. The first-order chi connectivity index (χ1) is 16.7. The number of benzene rings is 3. The lowest BCUT2D eigenvalue weighted by atomic mass is 10.1. The number of nitro benzene ring substituents is 1. The van der Waals surface area contributed by atoms with E-state index in [0.717, 1.165) is 18.1 Å². The van der Waals surface area contributed by atoms with Crippen LogP contribution >= 0.6 is 0 Å². The molecule has 1 unspecified atom stereocenters. The maximum Gasteiger partial charge on any atom is 0.270 e. The van der Waals surface area contributed by atoms with E-state index in [1.165, 1.54) is 42.5 Å². The number of amides is 1. The van der Waals surface area contributed by atoms with E-state index in [1.807, 2.05) is 19.9 Å². The third kappa shape index (κ3) is 5.35. The standard InChI is InChI=1S/C24H23N3O7S/c1-3-33-23-12-17-11-15(2)34-22(17)14-21(23)25-24(28)16-7-9-18(10-8-16)26-35(31,32)20-6-4-5-19(13-20)27(29)30/h4-10,12-15,26H,3,11H2,1-2H3,(H,25,28). The summed E-state index contributed by atoms with van der Waals surface area (Å²) in [5, 5.41) is 13.8. The van der Waals surface area contributed by atoms with Crippen LogP contribution in [0, 0.1) is 10.1 Å². The molecule has 35 heavy (non-hydrogen) atoms. The first-order valence-electron chi connectivity index (χ1n) is 10.8. The number of sulfonamides is 1. The summed E-state index contributed by atoms with van der Waals surface area (Å²) < 4.78 is 39.0. The van der Waals surface area contributed by atoms with Crippen molar-refractivity contribution in [1.82, 2.24) is 0 Å². The zero-order valence-electron chi connectivity index (χ0n) is 19.0. The molecule has 0 fully saturated rings. The average Bonchev–Trinajstić information content (AvgIpc) is 3.18. The Morgan fingerprint density at radius 3 is 2.60 bits per heavy atom. The summed E-state index contributed by atoms with van der Waals surface area (Å²) >= 11 is 0. The second-order valence-corrected chi connectivity index (χ2v) is 9.60. The summed E-state index contributed by atoms with van der Waals surface area (Å²) in [6.45, 7) is 4.25. The molecule has 2 N–H and O–H groups in total. The molecule has 0 saturated carbocycles. The van der Waals surface area contributed by atoms with Crippen LogP contribution in [0.2, 0.25) is 0 Å². The van der Waals surface area contributed by atoms with Gasteiger partial charge in [0.05, 0.1) is 22.1 Å². The quantitative estimate of drug-likeness (QED) is 0.348. The maximum absolute atomic E-state index is 12.8. The molecule has 1 amide bonds. The van der Waals surface area contributed by atoms with Crippen molar-refractivity contribution in [2.75, 3.05) is 16.6 Å². The molecule has 1 aliphatic heterocycles. The minimum Gasteiger partial charge on any atom is -0.492 e. The average molecular weight is 498 g/mol. The van der Waals surface area contributed by atoms with Gasteiger partial charge in [0.15, 0.2) is 0 Å². The van der Waals surface area contributed by atoms with Crippen LogP contribution < -0.4 is 19.5 Å². The number of carbonyl (C=O) groups excluding carboxylic acids is 1. The fraction of sp³-hybridized carbons (Fsp3) is 0.208. The Balaban J connectivity index is 1.50. The van der Waals surface area contributed by atoms with Crippen molar-refractivity contribution >= 4 is 33.0 Å². The predicted molar refractivity (Wildman–Crippen MR) is 130 cm³/mol. The highest BCUT2D eigenvalue weighted by Crippen LogP contribution is 2.38. The number of nitro groups is 1. The smallest absolute Gasteiger partial charge is 0.270 e. The van der Waals surface area contributed by atoms with Crippen molar-refractivity contribution in [3.8, 4) is 11.5 Å². The van der Waals surface area contributed by atoms with E-state index in [2.05, 4.69) is 10.0 Å². The Labute approximate surface area is 202 Å². The van der Waals surface area contributed by atoms with Crippen molar-refractivity contribution < 1.29 is 27.6 Å². The Bertz CT molecular complexity index is 1390. The summed E-state index contributed by atoms with van der Waals surface area (Å²) in [6.07, 6.45) is 0.806. The third-order valence-corrected chi connectivity index (χ3v) is 6.66. The number of nitrogens with zero attached hydrogens (tertiary/aromatic N) is 1. The van der Waals surface area contributed by atoms with Crippen LogP contribution in [-0.4, -0.2) is 32.0 Å². The van der Waals surface area contributed by atoms with E-state index < -0.39 is 20.9 Å². The van der Waals surface area contributed by atoms with Crippen molar-refractivity contribution in [2.24, 2.45) is 0 Å². The van der Waals surface area contributed by atoms with Gasteiger partial charge in [-0.15, -0.1) is 0 Å². The first-order valence-corrected chi connectivity index (χ1v) is 12.3. The van der Waals surface area contributed by atoms with E-state index in [9.17, 15) is 23.3 Å². The highest BCUT2D eigenvalue weighted by molar-refractivity contribution is 7.92. The minimum absolute atomic E-state index is 0.0452. The largest absolute Gasteiger partial charge is 0.492 e. The molecule has 4 rings (SSSR count). The SMILES string of the molecule is CCOc1cc2c(cc1NC(=O)c1ccc(NS(=O)(=O)c3cccc([N+](=O)[O-])c3)cc1)OC(C)C2. The summed E-state index contributed by atoms with van der Waals surface area (Å²) in [5.74, 6) is 0.825. The van der Waals surface area contributed by atoms with E-state index in [-0.39, 0.29) is 22.4 Å². The number of rotatable bonds is 8. The number of carbonyl (C=O) groups is 1. The Morgan fingerprint density at radius 1 is 1.17 bits per heavy atom. The molecule has 1 heterocycles. The Kier molecular flexibility index (Phi) is 6.61. The number of anilines is 2. The summed E-state index contributed by atoms with van der Waals surface area (Å²) in [6, 6.07) is 14.1. The molecule has 11 heteroatoms. The van der Waals surface area contributed by atoms with Gasteiger partial charge in [0.2, 0.25) is 0 Å². The van der Waals surface area contributed by atoms with Gasteiger partial charge in [0, 0.05) is 41.4 Å². The number of fused-ring (bicyclic) bond motifs is 1. The molecular formula is C24H23N3O7S. The van der Waals surface area contributed by atoms with Gasteiger partial charge in [-0.3, -0.25) is 19.6 Å². The van der Waals surface area contributed by atoms with Gasteiger partial charge in [-0.1, -0.05) is 6.07 Å². The molecule has 182 valence electrons. The highest BCUT2D eigenvalue weighted by atomic mass is 32.2. The summed E-state index contributed by atoms with van der Waals surface area (Å²) in [5.41, 5.74) is 1.64. The van der Waals surface area contributed by atoms with Gasteiger partial charge in [0.1, 0.15) is 17.6 Å². The molecule has 0 spiro atoms. The molecule has 0 aliphatic carbocycles. The predicted octanol–water partition coefficient (Wildman–Crippen LogP) is 4.37. The Morgan fingerprint density at radius 2 is 1.91 bits per heavy atom. The monoisotopic (exact) mass is 497 g/mol. The van der Waals surface area contributed by atoms with Crippen LogP contribution in [-0.2, 0) is 16.4 Å². The number of hydrogen-bond donors (Lipinski definition) is 2. The fourth-order valence-electron chi connectivity index (χ4n) is 3.67. The number of non-ortho nitro benzene ring substituents is 1. The van der Waals surface area contributed by atoms with Crippen LogP contribution in [0.5, 0.6) is 11.5 Å². The van der Waals surface area contributed by atoms with Gasteiger partial charge in [-0.25, -0.2) is 8.42 Å². The van der Waals surface area contributed by atoms with Gasteiger partial charge in [0.25, 0.3) is 21.6 Å². The zero-order chi connectivity index (χ0) is 25.2. The van der Waals surface area contributed by atoms with Gasteiger partial charge in [-0.2, -0.15) is 0 Å². The van der Waals surface area contributed by atoms with Crippen molar-refractivity contribution in [2.45, 2.75) is 31.3 Å². The molecule has 1 aliphatic rings. The van der Waals surface area contributed by atoms with Crippen LogP contribution in [0.1, 0.15) is 29.8 Å². The van der Waals surface area contributed by atoms with Crippen LogP contribution in [0.3, 0.4) is 0 Å². The van der Waals surface area contributed by atoms with Crippen LogP contribution in [0.25, 0.3) is 0 Å². The van der Waals surface area contributed by atoms with E-state index in [0.29, 0.717) is 29.4 Å². The molecule has 10 nitrogen and oxygen atoms in total. The summed E-state index contributed by atoms with van der Waals surface area (Å²) in [7, 11) is -4.06. The normalized spacial score (nSPS) is 14.5. The number of hydrogen-bond acceptors (Lipinski definition) is 7. The molecular weight excluding hydrogens is 474 g/mol. The molecule has 3 aromatic rings. The van der Waals surface area contributed by atoms with E-state index in [1.54, 1.807) is 6.07 Å². The second-order valence-electron chi connectivity index (χ2n) is 7.91. The number of ether oxygens (including phenoxy) is 2.